The zero-order chi connectivity index (χ0) is 18.9. The standard InChI is InChI=1S/C20H21F2NO3/c1-14-5-3-4-6-16(14)11-12-23-19(24)10-8-15-7-9-17(26-20(21)22)18(13-15)25-2/h3-10,13,20H,11-12H2,1-2H3,(H,23,24)/b10-8+. The number of nitrogens with one attached hydrogen (secondary N) is 1. The van der Waals surface area contributed by atoms with Crippen molar-refractivity contribution in [3.63, 3.8) is 0 Å². The molecule has 0 aliphatic heterocycles. The molecule has 0 atom stereocenters. The van der Waals surface area contributed by atoms with Gasteiger partial charge in [0, 0.05) is 12.6 Å². The van der Waals surface area contributed by atoms with Crippen LogP contribution in [0.15, 0.2) is 48.5 Å². The highest BCUT2D eigenvalue weighted by Crippen LogP contribution is 2.29. The number of carbonyl (C=O) groups excluding carboxylic acids is 1. The van der Waals surface area contributed by atoms with Crippen LogP contribution in [0.25, 0.3) is 6.08 Å². The molecule has 138 valence electrons. The number of hydrogen-bond acceptors (Lipinski definition) is 3. The van der Waals surface area contributed by atoms with Gasteiger partial charge in [-0.25, -0.2) is 0 Å². The monoisotopic (exact) mass is 361 g/mol. The second-order valence-corrected chi connectivity index (χ2v) is 5.59. The molecule has 0 radical (unpaired) electrons. The van der Waals surface area contributed by atoms with Crippen molar-refractivity contribution in [2.45, 2.75) is 20.0 Å². The average Bonchev–Trinajstić information content (AvgIpc) is 2.62. The van der Waals surface area contributed by atoms with Crippen molar-refractivity contribution in [2.24, 2.45) is 0 Å². The summed E-state index contributed by atoms with van der Waals surface area (Å²) in [5, 5.41) is 2.81. The van der Waals surface area contributed by atoms with Gasteiger partial charge in [-0.3, -0.25) is 4.79 Å². The van der Waals surface area contributed by atoms with E-state index in [0.717, 1.165) is 6.42 Å². The van der Waals surface area contributed by atoms with Gasteiger partial charge in [-0.15, -0.1) is 0 Å². The zero-order valence-electron chi connectivity index (χ0n) is 14.7. The quantitative estimate of drug-likeness (QED) is 0.724. The normalized spacial score (nSPS) is 11.0. The summed E-state index contributed by atoms with van der Waals surface area (Å²) in [5.41, 5.74) is 3.02. The molecule has 4 nitrogen and oxygen atoms in total. The second kappa shape index (κ2) is 9.56. The minimum Gasteiger partial charge on any atom is -0.493 e. The SMILES string of the molecule is COc1cc(/C=C/C(=O)NCCc2ccccc2C)ccc1OC(F)F. The number of aryl methyl sites for hydroxylation is 1. The first kappa shape index (κ1) is 19.4. The van der Waals surface area contributed by atoms with Crippen LogP contribution >= 0.6 is 0 Å². The molecule has 0 saturated heterocycles. The number of benzene rings is 2. The van der Waals surface area contributed by atoms with Crippen LogP contribution in [0.5, 0.6) is 11.5 Å². The van der Waals surface area contributed by atoms with Crippen molar-refractivity contribution >= 4 is 12.0 Å². The predicted molar refractivity (Wildman–Crippen MR) is 96.6 cm³/mol. The summed E-state index contributed by atoms with van der Waals surface area (Å²) in [6.07, 6.45) is 3.72. The van der Waals surface area contributed by atoms with Gasteiger partial charge in [-0.1, -0.05) is 30.3 Å². The number of rotatable bonds is 8. The van der Waals surface area contributed by atoms with Crippen molar-refractivity contribution in [3.05, 3.63) is 65.2 Å². The molecule has 0 aliphatic carbocycles. The Morgan fingerprint density at radius 3 is 2.65 bits per heavy atom. The summed E-state index contributed by atoms with van der Waals surface area (Å²) in [6, 6.07) is 12.5. The molecular formula is C20H21F2NO3. The van der Waals surface area contributed by atoms with Gasteiger partial charge in [0.15, 0.2) is 11.5 Å². The molecule has 0 saturated carbocycles. The van der Waals surface area contributed by atoms with Crippen molar-refractivity contribution < 1.29 is 23.0 Å². The third-order valence-electron chi connectivity index (χ3n) is 3.79. The van der Waals surface area contributed by atoms with Crippen molar-refractivity contribution in [2.75, 3.05) is 13.7 Å². The Hall–Kier alpha value is -2.89. The molecule has 26 heavy (non-hydrogen) atoms. The van der Waals surface area contributed by atoms with Crippen molar-refractivity contribution in [3.8, 4) is 11.5 Å². The van der Waals surface area contributed by atoms with E-state index in [-0.39, 0.29) is 17.4 Å². The molecule has 0 fully saturated rings. The first-order valence-corrected chi connectivity index (χ1v) is 8.13. The average molecular weight is 361 g/mol. The van der Waals surface area contributed by atoms with Crippen LogP contribution in [-0.2, 0) is 11.2 Å². The minimum atomic E-state index is -2.93. The van der Waals surface area contributed by atoms with Crippen LogP contribution in [0.3, 0.4) is 0 Å². The largest absolute Gasteiger partial charge is 0.493 e. The number of ether oxygens (including phenoxy) is 2. The van der Waals surface area contributed by atoms with Gasteiger partial charge >= 0.3 is 6.61 Å². The van der Waals surface area contributed by atoms with Gasteiger partial charge in [-0.05, 0) is 48.2 Å². The first-order valence-electron chi connectivity index (χ1n) is 8.13. The third kappa shape index (κ3) is 5.88. The fourth-order valence-electron chi connectivity index (χ4n) is 2.42. The van der Waals surface area contributed by atoms with E-state index in [9.17, 15) is 13.6 Å². The highest BCUT2D eigenvalue weighted by molar-refractivity contribution is 5.91. The molecule has 0 bridgehead atoms. The summed E-state index contributed by atoms with van der Waals surface area (Å²) in [4.78, 5) is 11.9. The predicted octanol–water partition coefficient (Wildman–Crippen LogP) is 3.98. The first-order chi connectivity index (χ1) is 12.5. The van der Waals surface area contributed by atoms with E-state index in [1.54, 1.807) is 12.1 Å². The van der Waals surface area contributed by atoms with Gasteiger partial charge in [-0.2, -0.15) is 8.78 Å². The summed E-state index contributed by atoms with van der Waals surface area (Å²) in [6.45, 7) is -0.367. The maximum absolute atomic E-state index is 12.3. The summed E-state index contributed by atoms with van der Waals surface area (Å²) < 4.78 is 34.0. The molecule has 0 heterocycles. The van der Waals surface area contributed by atoms with E-state index in [4.69, 9.17) is 4.74 Å². The minimum absolute atomic E-state index is 0.0534. The highest BCUT2D eigenvalue weighted by atomic mass is 19.3. The fraction of sp³-hybridized carbons (Fsp3) is 0.250. The van der Waals surface area contributed by atoms with Crippen LogP contribution in [0.4, 0.5) is 8.78 Å². The van der Waals surface area contributed by atoms with Gasteiger partial charge in [0.05, 0.1) is 7.11 Å². The van der Waals surface area contributed by atoms with Crippen molar-refractivity contribution in [1.29, 1.82) is 0 Å². The Morgan fingerprint density at radius 1 is 1.19 bits per heavy atom. The topological polar surface area (TPSA) is 47.6 Å². The van der Waals surface area contributed by atoms with Gasteiger partial charge in [0.25, 0.3) is 0 Å². The van der Waals surface area contributed by atoms with Crippen molar-refractivity contribution in [1.82, 2.24) is 5.32 Å². The Labute approximate surface area is 151 Å². The number of methoxy groups -OCH3 is 1. The molecule has 0 unspecified atom stereocenters. The van der Waals surface area contributed by atoms with E-state index >= 15 is 0 Å². The lowest BCUT2D eigenvalue weighted by atomic mass is 10.1. The summed E-state index contributed by atoms with van der Waals surface area (Å²) in [7, 11) is 1.36. The molecule has 0 aromatic heterocycles. The molecule has 1 amide bonds. The lowest BCUT2D eigenvalue weighted by Gasteiger charge is -2.10. The van der Waals surface area contributed by atoms with E-state index in [1.165, 1.54) is 36.4 Å². The number of alkyl halides is 2. The van der Waals surface area contributed by atoms with Gasteiger partial charge in [0.1, 0.15) is 0 Å². The lowest BCUT2D eigenvalue weighted by Crippen LogP contribution is -2.23. The molecule has 0 aliphatic rings. The third-order valence-corrected chi connectivity index (χ3v) is 3.79. The van der Waals surface area contributed by atoms with E-state index in [1.807, 2.05) is 31.2 Å². The Bertz CT molecular complexity index is 775. The number of amides is 1. The molecular weight excluding hydrogens is 340 g/mol. The van der Waals surface area contributed by atoms with Crippen LogP contribution in [0.2, 0.25) is 0 Å². The lowest BCUT2D eigenvalue weighted by molar-refractivity contribution is -0.116. The van der Waals surface area contributed by atoms with E-state index in [2.05, 4.69) is 10.1 Å². The Morgan fingerprint density at radius 2 is 1.96 bits per heavy atom. The second-order valence-electron chi connectivity index (χ2n) is 5.59. The number of halogens is 2. The number of carbonyl (C=O) groups is 1. The van der Waals surface area contributed by atoms with Gasteiger partial charge in [0.2, 0.25) is 5.91 Å². The van der Waals surface area contributed by atoms with Crippen LogP contribution in [-0.4, -0.2) is 26.2 Å². The highest BCUT2D eigenvalue weighted by Gasteiger charge is 2.10. The molecule has 6 heteroatoms. The van der Waals surface area contributed by atoms with E-state index < -0.39 is 6.61 Å². The van der Waals surface area contributed by atoms with E-state index in [0.29, 0.717) is 12.1 Å². The molecule has 0 spiro atoms. The number of hydrogen-bond donors (Lipinski definition) is 1. The summed E-state index contributed by atoms with van der Waals surface area (Å²) in [5.74, 6) is -0.111. The smallest absolute Gasteiger partial charge is 0.387 e. The maximum atomic E-state index is 12.3. The Kier molecular flexibility index (Phi) is 7.14. The Balaban J connectivity index is 1.90. The molecule has 1 N–H and O–H groups in total. The fourth-order valence-corrected chi connectivity index (χ4v) is 2.42. The molecule has 2 aromatic carbocycles. The van der Waals surface area contributed by atoms with Crippen LogP contribution < -0.4 is 14.8 Å². The molecule has 2 aromatic rings. The zero-order valence-corrected chi connectivity index (χ0v) is 14.7. The maximum Gasteiger partial charge on any atom is 0.387 e. The van der Waals surface area contributed by atoms with Crippen LogP contribution in [0, 0.1) is 6.92 Å². The van der Waals surface area contributed by atoms with Gasteiger partial charge < -0.3 is 14.8 Å². The van der Waals surface area contributed by atoms with Crippen LogP contribution in [0.1, 0.15) is 16.7 Å². The summed E-state index contributed by atoms with van der Waals surface area (Å²) >= 11 is 0. The molecule has 2 rings (SSSR count).